The van der Waals surface area contributed by atoms with E-state index in [1.165, 1.54) is 6.92 Å². The average molecular weight is 448 g/mol. The fourth-order valence-corrected chi connectivity index (χ4v) is 4.18. The van der Waals surface area contributed by atoms with E-state index in [1.54, 1.807) is 7.11 Å². The lowest BCUT2D eigenvalue weighted by Gasteiger charge is -2.33. The smallest absolute Gasteiger partial charge is 0.227 e. The van der Waals surface area contributed by atoms with Crippen LogP contribution in [-0.2, 0) is 9.59 Å². The van der Waals surface area contributed by atoms with Gasteiger partial charge in [0.1, 0.15) is 11.4 Å². The van der Waals surface area contributed by atoms with Crippen molar-refractivity contribution in [3.63, 3.8) is 0 Å². The second-order valence-corrected chi connectivity index (χ2v) is 8.20. The number of carbonyl (C=O) groups excluding carboxylic acids is 2. The van der Waals surface area contributed by atoms with Gasteiger partial charge in [0.05, 0.1) is 18.5 Å². The minimum atomic E-state index is -0.139. The predicted molar refractivity (Wildman–Crippen MR) is 129 cm³/mol. The van der Waals surface area contributed by atoms with E-state index >= 15 is 0 Å². The summed E-state index contributed by atoms with van der Waals surface area (Å²) in [6, 6.07) is 17.2. The predicted octanol–water partition coefficient (Wildman–Crippen LogP) is 4.00. The Kier molecular flexibility index (Phi) is 6.63. The molecule has 0 aliphatic carbocycles. The summed E-state index contributed by atoms with van der Waals surface area (Å²) in [4.78, 5) is 27.0. The van der Waals surface area contributed by atoms with Crippen LogP contribution in [0.15, 0.2) is 54.6 Å². The van der Waals surface area contributed by atoms with E-state index in [9.17, 15) is 9.59 Å². The average Bonchev–Trinajstić information content (AvgIpc) is 3.15. The number of anilines is 3. The molecule has 2 aromatic carbocycles. The van der Waals surface area contributed by atoms with Crippen LogP contribution in [0.3, 0.4) is 0 Å². The molecule has 172 valence electrons. The molecule has 1 aliphatic rings. The molecule has 8 heteroatoms. The van der Waals surface area contributed by atoms with Crippen molar-refractivity contribution in [2.75, 3.05) is 35.7 Å². The van der Waals surface area contributed by atoms with Crippen molar-refractivity contribution in [2.24, 2.45) is 5.92 Å². The monoisotopic (exact) mass is 447 g/mol. The first kappa shape index (κ1) is 22.4. The summed E-state index contributed by atoms with van der Waals surface area (Å²) in [6.45, 7) is 4.75. The maximum Gasteiger partial charge on any atom is 0.227 e. The van der Waals surface area contributed by atoms with Gasteiger partial charge in [0, 0.05) is 37.7 Å². The van der Waals surface area contributed by atoms with Gasteiger partial charge in [0.25, 0.3) is 0 Å². The molecule has 0 bridgehead atoms. The minimum Gasteiger partial charge on any atom is -0.497 e. The molecule has 0 spiro atoms. The molecule has 0 atom stereocenters. The number of nitrogens with zero attached hydrogens (tertiary/aromatic N) is 3. The summed E-state index contributed by atoms with van der Waals surface area (Å²) in [5, 5.41) is 10.7. The zero-order chi connectivity index (χ0) is 23.4. The number of ether oxygens (including phenoxy) is 1. The molecular formula is C25H29N5O3. The molecule has 2 heterocycles. The Bertz CT molecular complexity index is 1130. The molecule has 1 saturated heterocycles. The van der Waals surface area contributed by atoms with Gasteiger partial charge < -0.3 is 20.3 Å². The molecule has 2 N–H and O–H groups in total. The van der Waals surface area contributed by atoms with Gasteiger partial charge in [-0.15, -0.1) is 0 Å². The Morgan fingerprint density at radius 1 is 1.03 bits per heavy atom. The van der Waals surface area contributed by atoms with E-state index in [2.05, 4.69) is 15.5 Å². The number of methoxy groups -OCH3 is 1. The van der Waals surface area contributed by atoms with E-state index in [4.69, 9.17) is 9.84 Å². The molecule has 1 fully saturated rings. The molecule has 2 amide bonds. The number of nitrogens with one attached hydrogen (secondary N) is 2. The second-order valence-electron chi connectivity index (χ2n) is 8.20. The molecular weight excluding hydrogens is 418 g/mol. The van der Waals surface area contributed by atoms with Gasteiger partial charge in [0.15, 0.2) is 5.82 Å². The lowest BCUT2D eigenvalue weighted by Crippen LogP contribution is -2.39. The third-order valence-electron chi connectivity index (χ3n) is 5.84. The highest BCUT2D eigenvalue weighted by molar-refractivity contribution is 5.94. The standard InChI is InChI=1S/C25H29N5O3/c1-17-23(26-18(2)31)25(30(28-17)21-9-5-4-6-10-21)29-14-12-19(13-15-29)24(32)27-20-8-7-11-22(16-20)33-3/h4-11,16,19H,12-15H2,1-3H3,(H,26,31)(H,27,32). The first-order chi connectivity index (χ1) is 16.0. The van der Waals surface area contributed by atoms with E-state index in [1.807, 2.05) is 66.2 Å². The quantitative estimate of drug-likeness (QED) is 0.596. The van der Waals surface area contributed by atoms with Crippen LogP contribution in [-0.4, -0.2) is 41.8 Å². The summed E-state index contributed by atoms with van der Waals surface area (Å²) in [6.07, 6.45) is 1.41. The van der Waals surface area contributed by atoms with Crippen molar-refractivity contribution in [3.05, 3.63) is 60.3 Å². The fourth-order valence-electron chi connectivity index (χ4n) is 4.18. The Morgan fingerprint density at radius 2 is 1.76 bits per heavy atom. The fraction of sp³-hybridized carbons (Fsp3) is 0.320. The SMILES string of the molecule is COc1cccc(NC(=O)C2CCN(c3c(NC(C)=O)c(C)nn3-c3ccccc3)CC2)c1. The van der Waals surface area contributed by atoms with E-state index in [0.29, 0.717) is 37.4 Å². The number of hydrogen-bond donors (Lipinski definition) is 2. The summed E-state index contributed by atoms with van der Waals surface area (Å²) >= 11 is 0. The zero-order valence-electron chi connectivity index (χ0n) is 19.2. The number of para-hydroxylation sites is 1. The van der Waals surface area contributed by atoms with Crippen molar-refractivity contribution in [3.8, 4) is 11.4 Å². The Balaban J connectivity index is 1.52. The van der Waals surface area contributed by atoms with Gasteiger partial charge in [0.2, 0.25) is 11.8 Å². The Labute approximate surface area is 193 Å². The van der Waals surface area contributed by atoms with E-state index < -0.39 is 0 Å². The maximum absolute atomic E-state index is 12.9. The van der Waals surface area contributed by atoms with Crippen LogP contribution >= 0.6 is 0 Å². The lowest BCUT2D eigenvalue weighted by atomic mass is 9.95. The van der Waals surface area contributed by atoms with Gasteiger partial charge in [-0.3, -0.25) is 9.59 Å². The number of carbonyl (C=O) groups is 2. The van der Waals surface area contributed by atoms with Crippen LogP contribution in [0.4, 0.5) is 17.2 Å². The maximum atomic E-state index is 12.9. The Morgan fingerprint density at radius 3 is 2.42 bits per heavy atom. The van der Waals surface area contributed by atoms with Gasteiger partial charge in [-0.05, 0) is 44.0 Å². The molecule has 1 aliphatic heterocycles. The molecule has 33 heavy (non-hydrogen) atoms. The van der Waals surface area contributed by atoms with Gasteiger partial charge in [-0.2, -0.15) is 5.10 Å². The largest absolute Gasteiger partial charge is 0.497 e. The van der Waals surface area contributed by atoms with Crippen LogP contribution < -0.4 is 20.3 Å². The molecule has 4 rings (SSSR count). The third kappa shape index (κ3) is 5.00. The van der Waals surface area contributed by atoms with Crippen molar-refractivity contribution in [1.82, 2.24) is 9.78 Å². The van der Waals surface area contributed by atoms with Crippen molar-refractivity contribution >= 4 is 29.0 Å². The highest BCUT2D eigenvalue weighted by Crippen LogP contribution is 2.35. The lowest BCUT2D eigenvalue weighted by molar-refractivity contribution is -0.120. The molecule has 0 unspecified atom stereocenters. The summed E-state index contributed by atoms with van der Waals surface area (Å²) in [5.74, 6) is 1.33. The van der Waals surface area contributed by atoms with E-state index in [-0.39, 0.29) is 17.7 Å². The number of aromatic nitrogens is 2. The van der Waals surface area contributed by atoms with Crippen LogP contribution in [0.2, 0.25) is 0 Å². The topological polar surface area (TPSA) is 88.5 Å². The van der Waals surface area contributed by atoms with Crippen molar-refractivity contribution in [1.29, 1.82) is 0 Å². The number of rotatable bonds is 6. The first-order valence-corrected chi connectivity index (χ1v) is 11.1. The number of amides is 2. The zero-order valence-corrected chi connectivity index (χ0v) is 19.2. The molecule has 0 radical (unpaired) electrons. The highest BCUT2D eigenvalue weighted by Gasteiger charge is 2.30. The molecule has 8 nitrogen and oxygen atoms in total. The van der Waals surface area contributed by atoms with Crippen molar-refractivity contribution < 1.29 is 14.3 Å². The normalized spacial score (nSPS) is 14.1. The summed E-state index contributed by atoms with van der Waals surface area (Å²) < 4.78 is 7.11. The molecule has 3 aromatic rings. The van der Waals surface area contributed by atoms with Crippen LogP contribution in [0.1, 0.15) is 25.5 Å². The van der Waals surface area contributed by atoms with E-state index in [0.717, 1.165) is 22.9 Å². The highest BCUT2D eigenvalue weighted by atomic mass is 16.5. The minimum absolute atomic E-state index is 0.0118. The number of benzene rings is 2. The Hall–Kier alpha value is -3.81. The van der Waals surface area contributed by atoms with Gasteiger partial charge in [-0.1, -0.05) is 24.3 Å². The summed E-state index contributed by atoms with van der Waals surface area (Å²) in [7, 11) is 1.60. The molecule has 0 saturated carbocycles. The first-order valence-electron chi connectivity index (χ1n) is 11.1. The number of aryl methyl sites for hydroxylation is 1. The number of piperidine rings is 1. The van der Waals surface area contributed by atoms with Gasteiger partial charge >= 0.3 is 0 Å². The van der Waals surface area contributed by atoms with Crippen molar-refractivity contribution in [2.45, 2.75) is 26.7 Å². The third-order valence-corrected chi connectivity index (χ3v) is 5.84. The van der Waals surface area contributed by atoms with Crippen LogP contribution in [0.5, 0.6) is 5.75 Å². The van der Waals surface area contributed by atoms with Crippen LogP contribution in [0.25, 0.3) is 5.69 Å². The molecule has 1 aromatic heterocycles. The summed E-state index contributed by atoms with van der Waals surface area (Å²) in [5.41, 5.74) is 3.12. The van der Waals surface area contributed by atoms with Gasteiger partial charge in [-0.25, -0.2) is 4.68 Å². The second kappa shape index (κ2) is 9.77. The number of hydrogen-bond acceptors (Lipinski definition) is 5. The van der Waals surface area contributed by atoms with Crippen LogP contribution in [0, 0.1) is 12.8 Å².